The van der Waals surface area contributed by atoms with Gasteiger partial charge in [-0.1, -0.05) is 34.8 Å². The van der Waals surface area contributed by atoms with E-state index in [1.165, 1.54) is 22.0 Å². The molecular weight excluding hydrogens is 426 g/mol. The molecular formula is C16H15Cl3F3N5. The standard InChI is InChI=1S/C16H15Cl3F3N5/c17-9-1-2-13(16(20,21)22)8(3-9)7-26-14(23)25-27(15(26)24)12-5-10(18)4-11(19)6-12/h1-6,14-15,25H,7,23-24H2. The summed E-state index contributed by atoms with van der Waals surface area (Å²) in [7, 11) is 0. The maximum atomic E-state index is 13.3. The van der Waals surface area contributed by atoms with Gasteiger partial charge in [0.2, 0.25) is 0 Å². The summed E-state index contributed by atoms with van der Waals surface area (Å²) in [5.41, 5.74) is 14.8. The lowest BCUT2D eigenvalue weighted by atomic mass is 10.1. The van der Waals surface area contributed by atoms with Gasteiger partial charge in [-0.3, -0.25) is 10.7 Å². The van der Waals surface area contributed by atoms with E-state index in [1.807, 2.05) is 0 Å². The Morgan fingerprint density at radius 1 is 0.963 bits per heavy atom. The summed E-state index contributed by atoms with van der Waals surface area (Å²) < 4.78 is 39.9. The van der Waals surface area contributed by atoms with Gasteiger partial charge < -0.3 is 5.73 Å². The lowest BCUT2D eigenvalue weighted by Gasteiger charge is -2.28. The van der Waals surface area contributed by atoms with Crippen molar-refractivity contribution in [3.63, 3.8) is 0 Å². The molecule has 5 nitrogen and oxygen atoms in total. The molecule has 0 aromatic heterocycles. The number of rotatable bonds is 3. The second kappa shape index (κ2) is 7.63. The Hall–Kier alpha value is -1.26. The SMILES string of the molecule is NC1NN(c2cc(Cl)cc(Cl)c2)C(N)N1Cc1cc(Cl)ccc1C(F)(F)F. The fraction of sp³-hybridized carbons (Fsp3) is 0.250. The number of halogens is 6. The van der Waals surface area contributed by atoms with E-state index in [1.54, 1.807) is 18.2 Å². The molecule has 1 aliphatic rings. The van der Waals surface area contributed by atoms with Crippen molar-refractivity contribution in [1.29, 1.82) is 0 Å². The summed E-state index contributed by atoms with van der Waals surface area (Å²) >= 11 is 17.9. The van der Waals surface area contributed by atoms with Crippen LogP contribution in [-0.4, -0.2) is 17.5 Å². The first-order chi connectivity index (χ1) is 12.6. The van der Waals surface area contributed by atoms with E-state index in [-0.39, 0.29) is 17.1 Å². The molecule has 0 aliphatic carbocycles. The highest BCUT2D eigenvalue weighted by Gasteiger charge is 2.38. The molecule has 2 aromatic rings. The van der Waals surface area contributed by atoms with Crippen LogP contribution < -0.4 is 21.9 Å². The number of nitrogens with one attached hydrogen (secondary N) is 1. The first kappa shape index (κ1) is 20.5. The Bertz CT molecular complexity index is 828. The van der Waals surface area contributed by atoms with E-state index in [4.69, 9.17) is 46.3 Å². The largest absolute Gasteiger partial charge is 0.416 e. The first-order valence-electron chi connectivity index (χ1n) is 7.70. The molecule has 3 rings (SSSR count). The first-order valence-corrected chi connectivity index (χ1v) is 8.83. The van der Waals surface area contributed by atoms with Crippen LogP contribution >= 0.6 is 34.8 Å². The highest BCUT2D eigenvalue weighted by atomic mass is 35.5. The van der Waals surface area contributed by atoms with Crippen molar-refractivity contribution in [1.82, 2.24) is 10.3 Å². The summed E-state index contributed by atoms with van der Waals surface area (Å²) in [4.78, 5) is 1.45. The van der Waals surface area contributed by atoms with Crippen LogP contribution in [0.25, 0.3) is 0 Å². The normalized spacial score (nSPS) is 21.1. The number of anilines is 1. The van der Waals surface area contributed by atoms with Crippen LogP contribution in [-0.2, 0) is 12.7 Å². The van der Waals surface area contributed by atoms with Gasteiger partial charge in [0.05, 0.1) is 11.3 Å². The monoisotopic (exact) mass is 439 g/mol. The Balaban J connectivity index is 1.90. The summed E-state index contributed by atoms with van der Waals surface area (Å²) in [6.07, 6.45) is -6.23. The minimum Gasteiger partial charge on any atom is -0.302 e. The fourth-order valence-electron chi connectivity index (χ4n) is 2.87. The van der Waals surface area contributed by atoms with E-state index in [2.05, 4.69) is 5.43 Å². The molecule has 2 unspecified atom stereocenters. The summed E-state index contributed by atoms with van der Waals surface area (Å²) in [6, 6.07) is 8.15. The molecule has 0 bridgehead atoms. The fourth-order valence-corrected chi connectivity index (χ4v) is 3.58. The zero-order valence-corrected chi connectivity index (χ0v) is 15.9. The molecule has 2 atom stereocenters. The molecule has 1 fully saturated rings. The number of hydrogen-bond donors (Lipinski definition) is 3. The van der Waals surface area contributed by atoms with Crippen molar-refractivity contribution >= 4 is 40.5 Å². The van der Waals surface area contributed by atoms with E-state index in [9.17, 15) is 13.2 Å². The number of nitrogens with zero attached hydrogens (tertiary/aromatic N) is 2. The van der Waals surface area contributed by atoms with Crippen LogP contribution in [0, 0.1) is 0 Å². The van der Waals surface area contributed by atoms with Crippen LogP contribution in [0.4, 0.5) is 18.9 Å². The molecule has 11 heteroatoms. The van der Waals surface area contributed by atoms with Gasteiger partial charge in [-0.25, -0.2) is 10.3 Å². The van der Waals surface area contributed by atoms with Crippen LogP contribution in [0.5, 0.6) is 0 Å². The zero-order valence-electron chi connectivity index (χ0n) is 13.6. The molecule has 5 N–H and O–H groups in total. The number of hydrogen-bond acceptors (Lipinski definition) is 5. The number of benzene rings is 2. The number of nitrogens with two attached hydrogens (primary N) is 2. The van der Waals surface area contributed by atoms with Crippen molar-refractivity contribution in [2.24, 2.45) is 11.5 Å². The second-order valence-corrected chi connectivity index (χ2v) is 7.27. The highest BCUT2D eigenvalue weighted by molar-refractivity contribution is 6.35. The zero-order chi connectivity index (χ0) is 19.9. The number of hydrazine groups is 1. The smallest absolute Gasteiger partial charge is 0.302 e. The van der Waals surface area contributed by atoms with Gasteiger partial charge in [0.15, 0.2) is 6.29 Å². The predicted octanol–water partition coefficient (Wildman–Crippen LogP) is 3.98. The van der Waals surface area contributed by atoms with Crippen LogP contribution in [0.2, 0.25) is 15.1 Å². The predicted molar refractivity (Wildman–Crippen MR) is 100 cm³/mol. The molecule has 0 radical (unpaired) electrons. The third-order valence-corrected chi connectivity index (χ3v) is 4.76. The van der Waals surface area contributed by atoms with Gasteiger partial charge in [0.1, 0.15) is 6.29 Å². The Morgan fingerprint density at radius 3 is 2.19 bits per heavy atom. The van der Waals surface area contributed by atoms with Crippen molar-refractivity contribution in [2.75, 3.05) is 5.01 Å². The topological polar surface area (TPSA) is 70.5 Å². The lowest BCUT2D eigenvalue weighted by Crippen LogP contribution is -2.49. The van der Waals surface area contributed by atoms with Gasteiger partial charge in [-0.15, -0.1) is 0 Å². The molecule has 0 saturated carbocycles. The van der Waals surface area contributed by atoms with Gasteiger partial charge in [-0.05, 0) is 42.0 Å². The van der Waals surface area contributed by atoms with Gasteiger partial charge in [0.25, 0.3) is 0 Å². The molecule has 0 spiro atoms. The quantitative estimate of drug-likeness (QED) is 0.673. The minimum atomic E-state index is -4.53. The van der Waals surface area contributed by atoms with Crippen LogP contribution in [0.1, 0.15) is 11.1 Å². The van der Waals surface area contributed by atoms with E-state index in [0.29, 0.717) is 15.7 Å². The molecule has 146 valence electrons. The molecule has 27 heavy (non-hydrogen) atoms. The molecule has 1 heterocycles. The Labute approximate surface area is 168 Å². The average Bonchev–Trinajstić information content (AvgIpc) is 2.81. The minimum absolute atomic E-state index is 0.0336. The maximum Gasteiger partial charge on any atom is 0.416 e. The van der Waals surface area contributed by atoms with Crippen LogP contribution in [0.3, 0.4) is 0 Å². The molecule has 2 aromatic carbocycles. The van der Waals surface area contributed by atoms with Crippen molar-refractivity contribution in [2.45, 2.75) is 25.3 Å². The van der Waals surface area contributed by atoms with E-state index in [0.717, 1.165) is 6.07 Å². The lowest BCUT2D eigenvalue weighted by molar-refractivity contribution is -0.138. The van der Waals surface area contributed by atoms with Gasteiger partial charge in [-0.2, -0.15) is 13.2 Å². The number of alkyl halides is 3. The third-order valence-electron chi connectivity index (χ3n) is 4.08. The van der Waals surface area contributed by atoms with Crippen molar-refractivity contribution in [3.05, 3.63) is 62.6 Å². The Kier molecular flexibility index (Phi) is 5.79. The van der Waals surface area contributed by atoms with Crippen molar-refractivity contribution in [3.8, 4) is 0 Å². The summed E-state index contributed by atoms with van der Waals surface area (Å²) in [5.74, 6) is 0. The summed E-state index contributed by atoms with van der Waals surface area (Å²) in [6.45, 7) is -0.171. The van der Waals surface area contributed by atoms with Crippen LogP contribution in [0.15, 0.2) is 36.4 Å². The summed E-state index contributed by atoms with van der Waals surface area (Å²) in [5, 5.41) is 2.44. The molecule has 1 saturated heterocycles. The highest BCUT2D eigenvalue weighted by Crippen LogP contribution is 2.35. The van der Waals surface area contributed by atoms with E-state index < -0.39 is 24.3 Å². The second-order valence-electron chi connectivity index (χ2n) is 5.96. The van der Waals surface area contributed by atoms with Crippen molar-refractivity contribution < 1.29 is 13.2 Å². The van der Waals surface area contributed by atoms with E-state index >= 15 is 0 Å². The maximum absolute atomic E-state index is 13.3. The third kappa shape index (κ3) is 4.43. The average molecular weight is 441 g/mol. The molecule has 1 aliphatic heterocycles. The van der Waals surface area contributed by atoms with Gasteiger partial charge in [0, 0.05) is 21.6 Å². The molecule has 0 amide bonds. The Morgan fingerprint density at radius 2 is 1.59 bits per heavy atom. The van der Waals surface area contributed by atoms with Gasteiger partial charge >= 0.3 is 6.18 Å².